The molecule has 1 fully saturated rings. The molecule has 5 nitrogen and oxygen atoms in total. The summed E-state index contributed by atoms with van der Waals surface area (Å²) in [6, 6.07) is 14.6. The second-order valence-corrected chi connectivity index (χ2v) is 7.04. The normalized spacial score (nSPS) is 16.7. The summed E-state index contributed by atoms with van der Waals surface area (Å²) in [6.45, 7) is 1.52. The number of ether oxygens (including phenoxy) is 1. The lowest BCUT2D eigenvalue weighted by atomic mass is 9.96. The number of hydrogen-bond acceptors (Lipinski definition) is 3. The number of carbonyl (C=O) groups excluding carboxylic acids is 2. The van der Waals surface area contributed by atoms with Gasteiger partial charge in [0.1, 0.15) is 5.75 Å². The van der Waals surface area contributed by atoms with Crippen LogP contribution in [0.3, 0.4) is 0 Å². The van der Waals surface area contributed by atoms with Gasteiger partial charge in [0.05, 0.1) is 23.6 Å². The Morgan fingerprint density at radius 3 is 2.63 bits per heavy atom. The first-order valence-electron chi connectivity index (χ1n) is 9.03. The first-order valence-corrected chi connectivity index (χ1v) is 9.40. The van der Waals surface area contributed by atoms with E-state index in [-0.39, 0.29) is 17.7 Å². The highest BCUT2D eigenvalue weighted by molar-refractivity contribution is 6.33. The van der Waals surface area contributed by atoms with Crippen LogP contribution in [0.5, 0.6) is 5.75 Å². The fraction of sp³-hybridized carbons (Fsp3) is 0.333. The van der Waals surface area contributed by atoms with Crippen LogP contribution in [0.15, 0.2) is 48.5 Å². The number of rotatable bonds is 5. The Balaban J connectivity index is 1.57. The van der Waals surface area contributed by atoms with E-state index in [0.29, 0.717) is 30.2 Å². The highest BCUT2D eigenvalue weighted by Crippen LogP contribution is 2.22. The van der Waals surface area contributed by atoms with E-state index < -0.39 is 0 Å². The molecule has 6 heteroatoms. The van der Waals surface area contributed by atoms with Gasteiger partial charge in [0.2, 0.25) is 5.91 Å². The summed E-state index contributed by atoms with van der Waals surface area (Å²) in [5, 5.41) is 3.41. The molecule has 142 valence electrons. The maximum atomic E-state index is 12.7. The molecular formula is C21H23ClN2O3. The lowest BCUT2D eigenvalue weighted by Crippen LogP contribution is -2.45. The summed E-state index contributed by atoms with van der Waals surface area (Å²) in [6.07, 6.45) is 1.58. The predicted octanol–water partition coefficient (Wildman–Crippen LogP) is 3.52. The summed E-state index contributed by atoms with van der Waals surface area (Å²) in [5.41, 5.74) is 1.49. The second kappa shape index (κ2) is 8.91. The molecule has 27 heavy (non-hydrogen) atoms. The van der Waals surface area contributed by atoms with Crippen molar-refractivity contribution in [2.75, 3.05) is 20.2 Å². The van der Waals surface area contributed by atoms with Gasteiger partial charge >= 0.3 is 0 Å². The van der Waals surface area contributed by atoms with Crippen molar-refractivity contribution in [3.8, 4) is 5.75 Å². The standard InChI is InChI=1S/C21H23ClN2O3/c1-27-17-10-8-15(9-11-17)13-23-20(25)16-5-4-12-24(14-16)21(26)18-6-2-3-7-19(18)22/h2-3,6-11,16H,4-5,12-14H2,1H3,(H,23,25)/t16-/m0/s1. The van der Waals surface area contributed by atoms with Crippen LogP contribution in [0.2, 0.25) is 5.02 Å². The fourth-order valence-corrected chi connectivity index (χ4v) is 3.47. The van der Waals surface area contributed by atoms with E-state index in [9.17, 15) is 9.59 Å². The third kappa shape index (κ3) is 4.80. The summed E-state index contributed by atoms with van der Waals surface area (Å²) >= 11 is 6.14. The van der Waals surface area contributed by atoms with E-state index in [1.165, 1.54) is 0 Å². The highest BCUT2D eigenvalue weighted by atomic mass is 35.5. The minimum absolute atomic E-state index is 0.0255. The molecule has 2 amide bonds. The molecule has 2 aromatic carbocycles. The highest BCUT2D eigenvalue weighted by Gasteiger charge is 2.29. The number of piperidine rings is 1. The van der Waals surface area contributed by atoms with Crippen molar-refractivity contribution in [2.24, 2.45) is 5.92 Å². The van der Waals surface area contributed by atoms with Crippen LogP contribution in [-0.2, 0) is 11.3 Å². The maximum Gasteiger partial charge on any atom is 0.255 e. The van der Waals surface area contributed by atoms with Crippen molar-refractivity contribution in [2.45, 2.75) is 19.4 Å². The fourth-order valence-electron chi connectivity index (χ4n) is 3.26. The van der Waals surface area contributed by atoms with E-state index in [4.69, 9.17) is 16.3 Å². The largest absolute Gasteiger partial charge is 0.497 e. The first kappa shape index (κ1) is 19.2. The molecule has 1 aliphatic heterocycles. The Morgan fingerprint density at radius 2 is 1.93 bits per heavy atom. The molecule has 1 heterocycles. The van der Waals surface area contributed by atoms with Crippen molar-refractivity contribution in [3.63, 3.8) is 0 Å². The number of methoxy groups -OCH3 is 1. The maximum absolute atomic E-state index is 12.7. The molecule has 1 atom stereocenters. The van der Waals surface area contributed by atoms with E-state index in [2.05, 4.69) is 5.32 Å². The summed E-state index contributed by atoms with van der Waals surface area (Å²) in [7, 11) is 1.62. The van der Waals surface area contributed by atoms with Gasteiger partial charge in [0.15, 0.2) is 0 Å². The van der Waals surface area contributed by atoms with Crippen molar-refractivity contribution in [1.82, 2.24) is 10.2 Å². The van der Waals surface area contributed by atoms with E-state index >= 15 is 0 Å². The van der Waals surface area contributed by atoms with E-state index in [1.807, 2.05) is 24.3 Å². The van der Waals surface area contributed by atoms with Gasteiger partial charge in [0, 0.05) is 19.6 Å². The molecule has 3 rings (SSSR count). The summed E-state index contributed by atoms with van der Waals surface area (Å²) in [5.74, 6) is 0.435. The average Bonchev–Trinajstić information content (AvgIpc) is 2.72. The van der Waals surface area contributed by atoms with Gasteiger partial charge in [-0.25, -0.2) is 0 Å². The van der Waals surface area contributed by atoms with Crippen molar-refractivity contribution < 1.29 is 14.3 Å². The molecule has 0 aromatic heterocycles. The molecule has 2 aromatic rings. The van der Waals surface area contributed by atoms with Crippen LogP contribution in [-0.4, -0.2) is 36.9 Å². The first-order chi connectivity index (χ1) is 13.1. The van der Waals surface area contributed by atoms with Crippen LogP contribution >= 0.6 is 11.6 Å². The zero-order chi connectivity index (χ0) is 19.2. The van der Waals surface area contributed by atoms with Gasteiger partial charge in [-0.1, -0.05) is 35.9 Å². The predicted molar refractivity (Wildman–Crippen MR) is 105 cm³/mol. The molecule has 0 unspecified atom stereocenters. The van der Waals surface area contributed by atoms with Crippen molar-refractivity contribution >= 4 is 23.4 Å². The Bertz CT molecular complexity index is 807. The lowest BCUT2D eigenvalue weighted by Gasteiger charge is -2.32. The molecule has 1 N–H and O–H groups in total. The second-order valence-electron chi connectivity index (χ2n) is 6.64. The van der Waals surface area contributed by atoms with Gasteiger partial charge < -0.3 is 15.0 Å². The molecular weight excluding hydrogens is 364 g/mol. The van der Waals surface area contributed by atoms with E-state index in [0.717, 1.165) is 24.2 Å². The smallest absolute Gasteiger partial charge is 0.255 e. The van der Waals surface area contributed by atoms with Crippen LogP contribution in [0, 0.1) is 5.92 Å². The Kier molecular flexibility index (Phi) is 6.35. The molecule has 0 aliphatic carbocycles. The molecule has 1 saturated heterocycles. The number of nitrogens with one attached hydrogen (secondary N) is 1. The van der Waals surface area contributed by atoms with Gasteiger partial charge in [-0.2, -0.15) is 0 Å². The molecule has 0 bridgehead atoms. The number of likely N-dealkylation sites (tertiary alicyclic amines) is 1. The number of benzene rings is 2. The van der Waals surface area contributed by atoms with Crippen LogP contribution in [0.1, 0.15) is 28.8 Å². The van der Waals surface area contributed by atoms with Gasteiger partial charge in [-0.05, 0) is 42.7 Å². The number of hydrogen-bond donors (Lipinski definition) is 1. The monoisotopic (exact) mass is 386 g/mol. The minimum Gasteiger partial charge on any atom is -0.497 e. The van der Waals surface area contributed by atoms with Crippen LogP contribution in [0.4, 0.5) is 0 Å². The van der Waals surface area contributed by atoms with Crippen LogP contribution in [0.25, 0.3) is 0 Å². The van der Waals surface area contributed by atoms with Gasteiger partial charge in [0.25, 0.3) is 5.91 Å². The number of nitrogens with zero attached hydrogens (tertiary/aromatic N) is 1. The van der Waals surface area contributed by atoms with Crippen molar-refractivity contribution in [1.29, 1.82) is 0 Å². The lowest BCUT2D eigenvalue weighted by molar-refractivity contribution is -0.126. The number of halogens is 1. The van der Waals surface area contributed by atoms with Crippen molar-refractivity contribution in [3.05, 3.63) is 64.7 Å². The number of amides is 2. The third-order valence-electron chi connectivity index (χ3n) is 4.81. The van der Waals surface area contributed by atoms with Gasteiger partial charge in [-0.15, -0.1) is 0 Å². The average molecular weight is 387 g/mol. The molecule has 1 aliphatic rings. The van der Waals surface area contributed by atoms with E-state index in [1.54, 1.807) is 36.3 Å². The Hall–Kier alpha value is -2.53. The zero-order valence-electron chi connectivity index (χ0n) is 15.3. The third-order valence-corrected chi connectivity index (χ3v) is 5.14. The molecule has 0 spiro atoms. The summed E-state index contributed by atoms with van der Waals surface area (Å²) in [4.78, 5) is 27.0. The van der Waals surface area contributed by atoms with Gasteiger partial charge in [-0.3, -0.25) is 9.59 Å². The topological polar surface area (TPSA) is 58.6 Å². The Labute approximate surface area is 164 Å². The quantitative estimate of drug-likeness (QED) is 0.855. The Morgan fingerprint density at radius 1 is 1.19 bits per heavy atom. The molecule has 0 saturated carbocycles. The zero-order valence-corrected chi connectivity index (χ0v) is 16.0. The summed E-state index contributed by atoms with van der Waals surface area (Å²) < 4.78 is 5.13. The number of carbonyl (C=O) groups is 2. The minimum atomic E-state index is -0.205. The SMILES string of the molecule is COc1ccc(CNC(=O)[C@H]2CCCN(C(=O)c3ccccc3Cl)C2)cc1. The van der Waals surface area contributed by atoms with Crippen LogP contribution < -0.4 is 10.1 Å². The molecule has 0 radical (unpaired) electrons.